The zero-order valence-electron chi connectivity index (χ0n) is 20.2. The molecule has 0 unspecified atom stereocenters. The quantitative estimate of drug-likeness (QED) is 0.169. The minimum Gasteiger partial charge on any atom is -0.374 e. The smallest absolute Gasteiger partial charge is 0.148 e. The van der Waals surface area contributed by atoms with Gasteiger partial charge >= 0.3 is 0 Å². The molecule has 1 fully saturated rings. The van der Waals surface area contributed by atoms with Crippen LogP contribution in [0.1, 0.15) is 16.7 Å². The number of azide groups is 2. The van der Waals surface area contributed by atoms with Gasteiger partial charge in [0.25, 0.3) is 0 Å². The van der Waals surface area contributed by atoms with E-state index in [1.165, 1.54) is 0 Å². The summed E-state index contributed by atoms with van der Waals surface area (Å²) in [6.45, 7) is 1.05. The number of hydrogen-bond acceptors (Lipinski definition) is 6. The molecule has 1 saturated heterocycles. The van der Waals surface area contributed by atoms with Gasteiger partial charge in [0.05, 0.1) is 38.6 Å². The van der Waals surface area contributed by atoms with E-state index in [4.69, 9.17) is 24.5 Å². The molecule has 5 atom stereocenters. The lowest BCUT2D eigenvalue weighted by Gasteiger charge is -2.43. The molecule has 10 heteroatoms. The van der Waals surface area contributed by atoms with Crippen molar-refractivity contribution in [1.29, 1.82) is 0 Å². The Labute approximate surface area is 215 Å². The first-order chi connectivity index (χ1) is 18.3. The van der Waals surface area contributed by atoms with Gasteiger partial charge in [0, 0.05) is 9.82 Å². The molecule has 1 aliphatic rings. The van der Waals surface area contributed by atoms with Gasteiger partial charge in [-0.25, -0.2) is 0 Å². The fourth-order valence-corrected chi connectivity index (χ4v) is 4.16. The predicted molar refractivity (Wildman–Crippen MR) is 137 cm³/mol. The Hall–Kier alpha value is -3.88. The van der Waals surface area contributed by atoms with Crippen LogP contribution in [0.15, 0.2) is 101 Å². The molecule has 0 bridgehead atoms. The first-order valence-electron chi connectivity index (χ1n) is 11.9. The van der Waals surface area contributed by atoms with E-state index in [2.05, 4.69) is 20.1 Å². The monoisotopic (exact) mass is 500 g/mol. The molecule has 0 aliphatic carbocycles. The average molecular weight is 501 g/mol. The third-order valence-corrected chi connectivity index (χ3v) is 5.95. The van der Waals surface area contributed by atoms with Crippen LogP contribution in [0.4, 0.5) is 0 Å². The Balaban J connectivity index is 1.58. The molecule has 1 aliphatic heterocycles. The van der Waals surface area contributed by atoms with Gasteiger partial charge in [-0.1, -0.05) is 101 Å². The van der Waals surface area contributed by atoms with Crippen molar-refractivity contribution in [2.24, 2.45) is 10.2 Å². The van der Waals surface area contributed by atoms with Gasteiger partial charge in [-0.2, -0.15) is 0 Å². The van der Waals surface area contributed by atoms with Crippen LogP contribution in [0, 0.1) is 0 Å². The SMILES string of the molecule is [N-]=[N+]=N[C@@H]1[C@@H](OCc2ccccc2)[C@@H](OCc2ccccc2)[C@@H](COCc2ccccc2)O[C@@H]1N=[N+]=[N-]. The lowest BCUT2D eigenvalue weighted by molar-refractivity contribution is -0.226. The van der Waals surface area contributed by atoms with Crippen LogP contribution in [-0.2, 0) is 38.8 Å². The summed E-state index contributed by atoms with van der Waals surface area (Å²) in [6, 6.07) is 28.2. The van der Waals surface area contributed by atoms with Crippen molar-refractivity contribution in [3.05, 3.63) is 129 Å². The van der Waals surface area contributed by atoms with Gasteiger partial charge in [0.2, 0.25) is 0 Å². The second kappa shape index (κ2) is 14.0. The molecule has 3 aromatic rings. The van der Waals surface area contributed by atoms with Crippen molar-refractivity contribution in [2.45, 2.75) is 50.4 Å². The Bertz CT molecular complexity index is 1190. The summed E-state index contributed by atoms with van der Waals surface area (Å²) in [6.07, 6.45) is -3.15. The summed E-state index contributed by atoms with van der Waals surface area (Å²) in [4.78, 5) is 5.88. The van der Waals surface area contributed by atoms with Crippen LogP contribution in [0.2, 0.25) is 0 Å². The summed E-state index contributed by atoms with van der Waals surface area (Å²) in [5.74, 6) is 0. The van der Waals surface area contributed by atoms with E-state index in [-0.39, 0.29) is 19.8 Å². The highest BCUT2D eigenvalue weighted by molar-refractivity contribution is 5.15. The molecule has 0 spiro atoms. The second-order valence-electron chi connectivity index (χ2n) is 8.49. The van der Waals surface area contributed by atoms with Gasteiger partial charge in [0.1, 0.15) is 18.4 Å². The molecule has 4 rings (SSSR count). The molecule has 0 radical (unpaired) electrons. The van der Waals surface area contributed by atoms with Crippen molar-refractivity contribution in [1.82, 2.24) is 0 Å². The highest BCUT2D eigenvalue weighted by Crippen LogP contribution is 2.31. The Kier molecular flexibility index (Phi) is 9.92. The van der Waals surface area contributed by atoms with E-state index >= 15 is 0 Å². The van der Waals surface area contributed by atoms with E-state index in [1.54, 1.807) is 0 Å². The number of rotatable bonds is 12. The lowest BCUT2D eigenvalue weighted by Crippen LogP contribution is -2.59. The van der Waals surface area contributed by atoms with Gasteiger partial charge in [-0.15, -0.1) is 0 Å². The van der Waals surface area contributed by atoms with Crippen molar-refractivity contribution in [2.75, 3.05) is 6.61 Å². The number of ether oxygens (including phenoxy) is 4. The molecular formula is C27H28N6O4. The number of nitrogens with zero attached hydrogens (tertiary/aromatic N) is 6. The maximum Gasteiger partial charge on any atom is 0.148 e. The van der Waals surface area contributed by atoms with Crippen LogP contribution in [0.5, 0.6) is 0 Å². The zero-order valence-corrected chi connectivity index (χ0v) is 20.2. The molecule has 37 heavy (non-hydrogen) atoms. The lowest BCUT2D eigenvalue weighted by atomic mass is 9.96. The molecule has 3 aromatic carbocycles. The van der Waals surface area contributed by atoms with Gasteiger partial charge in [-0.05, 0) is 27.8 Å². The summed E-state index contributed by atoms with van der Waals surface area (Å²) in [7, 11) is 0. The fraction of sp³-hybridized carbons (Fsp3) is 0.333. The summed E-state index contributed by atoms with van der Waals surface area (Å²) in [5.41, 5.74) is 21.4. The van der Waals surface area contributed by atoms with E-state index in [0.29, 0.717) is 6.61 Å². The Morgan fingerprint density at radius 2 is 1.14 bits per heavy atom. The average Bonchev–Trinajstić information content (AvgIpc) is 2.94. The van der Waals surface area contributed by atoms with Gasteiger partial charge in [-0.3, -0.25) is 0 Å². The minimum absolute atomic E-state index is 0.153. The minimum atomic E-state index is -1.08. The summed E-state index contributed by atoms with van der Waals surface area (Å²) >= 11 is 0. The van der Waals surface area contributed by atoms with Crippen LogP contribution < -0.4 is 0 Å². The standard InChI is InChI=1S/C27H28N6O4/c28-32-30-24-26(36-18-22-14-8-3-9-15-22)25(35-17-21-12-6-2-7-13-21)23(37-27(24)31-33-29)19-34-16-20-10-4-1-5-11-20/h1-15,23-27H,16-19H2/t23-,24-,25+,26-,27+/m1/s1. The van der Waals surface area contributed by atoms with Crippen molar-refractivity contribution in [3.63, 3.8) is 0 Å². The van der Waals surface area contributed by atoms with E-state index in [0.717, 1.165) is 16.7 Å². The maximum absolute atomic E-state index is 9.28. The molecule has 1 heterocycles. The third-order valence-electron chi connectivity index (χ3n) is 5.95. The topological polar surface area (TPSA) is 134 Å². The largest absolute Gasteiger partial charge is 0.374 e. The van der Waals surface area contributed by atoms with Crippen LogP contribution in [-0.4, -0.2) is 37.2 Å². The highest BCUT2D eigenvalue weighted by Gasteiger charge is 2.47. The van der Waals surface area contributed by atoms with Crippen molar-refractivity contribution in [3.8, 4) is 0 Å². The second-order valence-corrected chi connectivity index (χ2v) is 8.49. The Morgan fingerprint density at radius 3 is 1.65 bits per heavy atom. The van der Waals surface area contributed by atoms with E-state index in [9.17, 15) is 5.53 Å². The molecule has 0 amide bonds. The normalized spacial score (nSPS) is 23.0. The maximum atomic E-state index is 9.28. The number of hydrogen-bond donors (Lipinski definition) is 0. The Morgan fingerprint density at radius 1 is 0.649 bits per heavy atom. The third kappa shape index (κ3) is 7.55. The van der Waals surface area contributed by atoms with Crippen LogP contribution >= 0.6 is 0 Å². The first kappa shape index (κ1) is 26.2. The van der Waals surface area contributed by atoms with Crippen molar-refractivity contribution < 1.29 is 18.9 Å². The molecular weight excluding hydrogens is 472 g/mol. The molecule has 0 saturated carbocycles. The predicted octanol–water partition coefficient (Wildman–Crippen LogP) is 6.09. The highest BCUT2D eigenvalue weighted by atomic mass is 16.6. The van der Waals surface area contributed by atoms with Crippen LogP contribution in [0.3, 0.4) is 0 Å². The molecule has 0 aromatic heterocycles. The van der Waals surface area contributed by atoms with Crippen LogP contribution in [0.25, 0.3) is 20.9 Å². The molecule has 0 N–H and O–H groups in total. The molecule has 190 valence electrons. The van der Waals surface area contributed by atoms with Gasteiger partial charge < -0.3 is 18.9 Å². The molecule has 10 nitrogen and oxygen atoms in total. The van der Waals surface area contributed by atoms with Crippen molar-refractivity contribution >= 4 is 0 Å². The summed E-state index contributed by atoms with van der Waals surface area (Å²) < 4.78 is 24.7. The zero-order chi connectivity index (χ0) is 25.7. The summed E-state index contributed by atoms with van der Waals surface area (Å²) in [5, 5.41) is 7.65. The number of benzene rings is 3. The fourth-order valence-electron chi connectivity index (χ4n) is 4.16. The van der Waals surface area contributed by atoms with E-state index in [1.807, 2.05) is 91.0 Å². The first-order valence-corrected chi connectivity index (χ1v) is 11.9. The van der Waals surface area contributed by atoms with Gasteiger partial charge in [0.15, 0.2) is 0 Å². The van der Waals surface area contributed by atoms with E-state index < -0.39 is 30.6 Å².